The fraction of sp³-hybridized carbons (Fsp3) is 0.231. The second kappa shape index (κ2) is 3.63. The zero-order valence-corrected chi connectivity index (χ0v) is 9.05. The van der Waals surface area contributed by atoms with Crippen LogP contribution in [0.3, 0.4) is 0 Å². The summed E-state index contributed by atoms with van der Waals surface area (Å²) in [5.74, 6) is 6.84. The zero-order valence-electron chi connectivity index (χ0n) is 9.05. The van der Waals surface area contributed by atoms with Gasteiger partial charge in [0, 0.05) is 16.9 Å². The first kappa shape index (κ1) is 9.91. The van der Waals surface area contributed by atoms with E-state index in [0.717, 1.165) is 15.6 Å². The van der Waals surface area contributed by atoms with Crippen molar-refractivity contribution in [2.45, 2.75) is 12.8 Å². The molecule has 4 heteroatoms. The molecule has 0 radical (unpaired) electrons. The summed E-state index contributed by atoms with van der Waals surface area (Å²) >= 11 is 0. The van der Waals surface area contributed by atoms with Crippen LogP contribution in [0.5, 0.6) is 0 Å². The van der Waals surface area contributed by atoms with Gasteiger partial charge in [-0.15, -0.1) is 0 Å². The molecule has 0 aliphatic heterocycles. The van der Waals surface area contributed by atoms with E-state index >= 15 is 0 Å². The van der Waals surface area contributed by atoms with Crippen molar-refractivity contribution >= 4 is 17.0 Å². The van der Waals surface area contributed by atoms with Gasteiger partial charge in [0.1, 0.15) is 0 Å². The van der Waals surface area contributed by atoms with E-state index in [-0.39, 0.29) is 0 Å². The van der Waals surface area contributed by atoms with E-state index in [2.05, 4.69) is 16.9 Å². The molecular weight excluding hydrogens is 216 g/mol. The average molecular weight is 226 g/mol. The molecule has 84 valence electrons. The highest BCUT2D eigenvalue weighted by Gasteiger charge is 2.17. The van der Waals surface area contributed by atoms with Crippen molar-refractivity contribution < 1.29 is 9.90 Å². The summed E-state index contributed by atoms with van der Waals surface area (Å²) in [4.78, 5) is 10.9. The Morgan fingerprint density at radius 2 is 2.29 bits per heavy atom. The normalized spacial score (nSPS) is 14.4. The number of carboxylic acid groups (broad SMARTS) is 1. The van der Waals surface area contributed by atoms with Crippen LogP contribution in [0.4, 0.5) is 4.79 Å². The molecule has 2 aromatic rings. The van der Waals surface area contributed by atoms with Gasteiger partial charge in [0.2, 0.25) is 0 Å². The minimum absolute atomic E-state index is 0.562. The first-order valence-corrected chi connectivity index (χ1v) is 5.47. The first-order valence-electron chi connectivity index (χ1n) is 5.47. The van der Waals surface area contributed by atoms with Gasteiger partial charge in [0.05, 0.1) is 11.7 Å². The minimum Gasteiger partial charge on any atom is -0.463 e. The number of benzene rings is 1. The molecule has 1 saturated carbocycles. The van der Waals surface area contributed by atoms with Crippen LogP contribution in [0.15, 0.2) is 24.4 Å². The van der Waals surface area contributed by atoms with Gasteiger partial charge in [0.15, 0.2) is 0 Å². The number of rotatable bonds is 0. The van der Waals surface area contributed by atoms with E-state index in [1.54, 1.807) is 12.3 Å². The second-order valence-corrected chi connectivity index (χ2v) is 4.16. The molecule has 1 N–H and O–H groups in total. The third kappa shape index (κ3) is 1.87. The van der Waals surface area contributed by atoms with E-state index in [1.165, 1.54) is 12.8 Å². The minimum atomic E-state index is -1.07. The summed E-state index contributed by atoms with van der Waals surface area (Å²) in [6.07, 6.45) is 2.88. The largest absolute Gasteiger partial charge is 0.463 e. The lowest BCUT2D eigenvalue weighted by atomic mass is 10.1. The number of hydrogen-bond acceptors (Lipinski definition) is 2. The van der Waals surface area contributed by atoms with E-state index in [1.807, 2.05) is 12.1 Å². The molecule has 1 heterocycles. The Balaban J connectivity index is 2.02. The van der Waals surface area contributed by atoms with Crippen LogP contribution in [0.1, 0.15) is 18.4 Å². The Bertz CT molecular complexity index is 657. The Morgan fingerprint density at radius 3 is 3.00 bits per heavy atom. The SMILES string of the molecule is O=C(O)n1ncc2cc(C#CC3CC3)ccc21. The third-order valence-corrected chi connectivity index (χ3v) is 2.75. The number of fused-ring (bicyclic) bond motifs is 1. The maximum Gasteiger partial charge on any atom is 0.432 e. The zero-order chi connectivity index (χ0) is 11.8. The molecule has 0 spiro atoms. The lowest BCUT2D eigenvalue weighted by Crippen LogP contribution is -2.08. The number of nitrogens with zero attached hydrogens (tertiary/aromatic N) is 2. The molecule has 1 aromatic heterocycles. The van der Waals surface area contributed by atoms with Gasteiger partial charge in [-0.1, -0.05) is 11.8 Å². The van der Waals surface area contributed by atoms with Crippen LogP contribution in [-0.4, -0.2) is 21.0 Å². The lowest BCUT2D eigenvalue weighted by Gasteiger charge is -1.95. The van der Waals surface area contributed by atoms with E-state index in [4.69, 9.17) is 5.11 Å². The molecule has 0 saturated heterocycles. The summed E-state index contributed by atoms with van der Waals surface area (Å²) in [5, 5.41) is 13.5. The maximum atomic E-state index is 10.9. The predicted octanol–water partition coefficient (Wildman–Crippen LogP) is 2.32. The molecule has 0 unspecified atom stereocenters. The van der Waals surface area contributed by atoms with Crippen molar-refractivity contribution in [2.24, 2.45) is 5.92 Å². The van der Waals surface area contributed by atoms with Crippen molar-refractivity contribution in [3.05, 3.63) is 30.0 Å². The molecule has 17 heavy (non-hydrogen) atoms. The van der Waals surface area contributed by atoms with Crippen molar-refractivity contribution in [2.75, 3.05) is 0 Å². The molecule has 1 fully saturated rings. The second-order valence-electron chi connectivity index (χ2n) is 4.16. The highest BCUT2D eigenvalue weighted by Crippen LogP contribution is 2.27. The van der Waals surface area contributed by atoms with Crippen molar-refractivity contribution in [3.8, 4) is 11.8 Å². The first-order chi connectivity index (χ1) is 8.24. The molecule has 0 atom stereocenters. The van der Waals surface area contributed by atoms with Crippen molar-refractivity contribution in [3.63, 3.8) is 0 Å². The van der Waals surface area contributed by atoms with E-state index < -0.39 is 6.09 Å². The molecule has 1 aliphatic carbocycles. The van der Waals surface area contributed by atoms with Gasteiger partial charge in [-0.05, 0) is 31.0 Å². The predicted molar refractivity (Wildman–Crippen MR) is 62.8 cm³/mol. The molecule has 4 nitrogen and oxygen atoms in total. The van der Waals surface area contributed by atoms with Crippen LogP contribution >= 0.6 is 0 Å². The van der Waals surface area contributed by atoms with Crippen LogP contribution in [0, 0.1) is 17.8 Å². The summed E-state index contributed by atoms with van der Waals surface area (Å²) in [5.41, 5.74) is 1.50. The highest BCUT2D eigenvalue weighted by molar-refractivity contribution is 5.87. The van der Waals surface area contributed by atoms with Crippen LogP contribution < -0.4 is 0 Å². The third-order valence-electron chi connectivity index (χ3n) is 2.75. The van der Waals surface area contributed by atoms with Crippen LogP contribution in [0.25, 0.3) is 10.9 Å². The van der Waals surface area contributed by atoms with Gasteiger partial charge in [-0.3, -0.25) is 0 Å². The average Bonchev–Trinajstić information content (AvgIpc) is 3.04. The number of aromatic nitrogens is 2. The Hall–Kier alpha value is -2.28. The Kier molecular flexibility index (Phi) is 2.12. The molecule has 0 amide bonds. The summed E-state index contributed by atoms with van der Waals surface area (Å²) in [7, 11) is 0. The lowest BCUT2D eigenvalue weighted by molar-refractivity contribution is 0.194. The van der Waals surface area contributed by atoms with Gasteiger partial charge in [-0.25, -0.2) is 4.79 Å². The Labute approximate surface area is 97.9 Å². The maximum absolute atomic E-state index is 10.9. The van der Waals surface area contributed by atoms with E-state index in [0.29, 0.717) is 11.4 Å². The van der Waals surface area contributed by atoms with Gasteiger partial charge in [0.25, 0.3) is 0 Å². The summed E-state index contributed by atoms with van der Waals surface area (Å²) < 4.78 is 0.966. The number of carbonyl (C=O) groups is 1. The van der Waals surface area contributed by atoms with Gasteiger partial charge in [-0.2, -0.15) is 9.78 Å². The van der Waals surface area contributed by atoms with Gasteiger partial charge >= 0.3 is 6.09 Å². The summed E-state index contributed by atoms with van der Waals surface area (Å²) in [6, 6.07) is 5.45. The van der Waals surface area contributed by atoms with Gasteiger partial charge < -0.3 is 5.11 Å². The molecule has 0 bridgehead atoms. The van der Waals surface area contributed by atoms with E-state index in [9.17, 15) is 4.79 Å². The fourth-order valence-corrected chi connectivity index (χ4v) is 1.68. The van der Waals surface area contributed by atoms with Crippen molar-refractivity contribution in [1.82, 2.24) is 9.78 Å². The standard InChI is InChI=1S/C13H10N2O2/c16-13(17)15-12-6-5-10(4-3-9-1-2-9)7-11(12)8-14-15/h5-9H,1-2H2,(H,16,17). The monoisotopic (exact) mass is 226 g/mol. The highest BCUT2D eigenvalue weighted by atomic mass is 16.4. The molecule has 1 aliphatic rings. The molecular formula is C13H10N2O2. The van der Waals surface area contributed by atoms with Crippen molar-refractivity contribution in [1.29, 1.82) is 0 Å². The smallest absolute Gasteiger partial charge is 0.432 e. The molecule has 3 rings (SSSR count). The summed E-state index contributed by atoms with van der Waals surface area (Å²) in [6.45, 7) is 0. The fourth-order valence-electron chi connectivity index (χ4n) is 1.68. The van der Waals surface area contributed by atoms with Crippen LogP contribution in [0.2, 0.25) is 0 Å². The molecule has 1 aromatic carbocycles. The Morgan fingerprint density at radius 1 is 1.47 bits per heavy atom. The van der Waals surface area contributed by atoms with Crippen LogP contribution in [-0.2, 0) is 0 Å². The quantitative estimate of drug-likeness (QED) is 0.701. The number of hydrogen-bond donors (Lipinski definition) is 1. The topological polar surface area (TPSA) is 55.1 Å².